The largest absolute Gasteiger partial charge is 0.409 e. The first-order chi connectivity index (χ1) is 9.17. The Bertz CT molecular complexity index is 476. The van der Waals surface area contributed by atoms with E-state index in [-0.39, 0.29) is 5.84 Å². The topological polar surface area (TPSA) is 61.8 Å². The Kier molecular flexibility index (Phi) is 4.58. The van der Waals surface area contributed by atoms with Crippen molar-refractivity contribution in [3.8, 4) is 0 Å². The molecule has 1 atom stereocenters. The number of thioether (sulfide) groups is 1. The fraction of sp³-hybridized carbons (Fsp3) is 0.500. The number of amidine groups is 1. The van der Waals surface area contributed by atoms with Crippen molar-refractivity contribution in [3.05, 3.63) is 23.8 Å². The summed E-state index contributed by atoms with van der Waals surface area (Å²) in [7, 11) is 0. The lowest BCUT2D eigenvalue weighted by Gasteiger charge is -2.34. The smallest absolute Gasteiger partial charge is 0.173 e. The van der Waals surface area contributed by atoms with E-state index < -0.39 is 0 Å². The molecule has 0 bridgehead atoms. The zero-order chi connectivity index (χ0) is 13.8. The molecule has 104 valence electrons. The lowest BCUT2D eigenvalue weighted by atomic mass is 9.98. The second kappa shape index (κ2) is 6.19. The number of rotatable bonds is 3. The molecule has 1 fully saturated rings. The van der Waals surface area contributed by atoms with E-state index in [4.69, 9.17) is 10.9 Å². The minimum absolute atomic E-state index is 0.193. The fourth-order valence-electron chi connectivity index (χ4n) is 2.67. The standard InChI is InChI=1S/C14H21N3OS/c1-10-5-4-8-17(9-10)11-6-3-7-12(19-2)13(11)14(15)16-18/h3,6-7,10,18H,4-5,8-9H2,1-2H3,(H2,15,16). The molecule has 1 aliphatic heterocycles. The summed E-state index contributed by atoms with van der Waals surface area (Å²) in [5, 5.41) is 12.2. The van der Waals surface area contributed by atoms with Crippen molar-refractivity contribution in [2.24, 2.45) is 16.8 Å². The molecule has 0 amide bonds. The molecule has 1 unspecified atom stereocenters. The minimum Gasteiger partial charge on any atom is -0.409 e. The van der Waals surface area contributed by atoms with Crippen molar-refractivity contribution < 1.29 is 5.21 Å². The predicted molar refractivity (Wildman–Crippen MR) is 81.3 cm³/mol. The summed E-state index contributed by atoms with van der Waals surface area (Å²) in [6, 6.07) is 6.11. The summed E-state index contributed by atoms with van der Waals surface area (Å²) in [6.07, 6.45) is 4.48. The van der Waals surface area contributed by atoms with Gasteiger partial charge in [0, 0.05) is 23.7 Å². The molecule has 19 heavy (non-hydrogen) atoms. The third kappa shape index (κ3) is 2.97. The van der Waals surface area contributed by atoms with Crippen molar-refractivity contribution >= 4 is 23.3 Å². The third-order valence-electron chi connectivity index (χ3n) is 3.59. The minimum atomic E-state index is 0.193. The molecule has 1 aromatic rings. The monoisotopic (exact) mass is 279 g/mol. The lowest BCUT2D eigenvalue weighted by Crippen LogP contribution is -2.36. The molecule has 0 spiro atoms. The maximum atomic E-state index is 9.02. The van der Waals surface area contributed by atoms with Gasteiger partial charge in [-0.1, -0.05) is 18.1 Å². The number of nitrogens with zero attached hydrogens (tertiary/aromatic N) is 2. The van der Waals surface area contributed by atoms with E-state index in [0.29, 0.717) is 5.92 Å². The van der Waals surface area contributed by atoms with Crippen LogP contribution in [0.25, 0.3) is 0 Å². The van der Waals surface area contributed by atoms with Crippen molar-refractivity contribution in [1.29, 1.82) is 0 Å². The van der Waals surface area contributed by atoms with Gasteiger partial charge < -0.3 is 15.8 Å². The normalized spacial score (nSPS) is 20.6. The maximum Gasteiger partial charge on any atom is 0.173 e. The number of benzene rings is 1. The Morgan fingerprint density at radius 2 is 2.32 bits per heavy atom. The summed E-state index contributed by atoms with van der Waals surface area (Å²) in [6.45, 7) is 4.34. The van der Waals surface area contributed by atoms with Crippen LogP contribution in [0.1, 0.15) is 25.3 Å². The molecular weight excluding hydrogens is 258 g/mol. The fourth-order valence-corrected chi connectivity index (χ4v) is 3.30. The van der Waals surface area contributed by atoms with Crippen LogP contribution in [-0.2, 0) is 0 Å². The van der Waals surface area contributed by atoms with Crippen molar-refractivity contribution in [2.75, 3.05) is 24.2 Å². The molecule has 0 aliphatic carbocycles. The van der Waals surface area contributed by atoms with Crippen molar-refractivity contribution in [1.82, 2.24) is 0 Å². The Morgan fingerprint density at radius 3 is 2.95 bits per heavy atom. The first kappa shape index (κ1) is 14.1. The number of piperidine rings is 1. The van der Waals surface area contributed by atoms with Crippen molar-refractivity contribution in [3.63, 3.8) is 0 Å². The summed E-state index contributed by atoms with van der Waals surface area (Å²) >= 11 is 1.62. The van der Waals surface area contributed by atoms with Gasteiger partial charge >= 0.3 is 0 Å². The van der Waals surface area contributed by atoms with Gasteiger partial charge in [0.2, 0.25) is 0 Å². The van der Waals surface area contributed by atoms with Gasteiger partial charge in [0.1, 0.15) is 0 Å². The van der Waals surface area contributed by atoms with E-state index >= 15 is 0 Å². The molecule has 0 aromatic heterocycles. The molecule has 1 aliphatic rings. The molecule has 3 N–H and O–H groups in total. The van der Waals surface area contributed by atoms with Crippen LogP contribution in [0.2, 0.25) is 0 Å². The highest BCUT2D eigenvalue weighted by Crippen LogP contribution is 2.32. The molecule has 5 heteroatoms. The van der Waals surface area contributed by atoms with Crippen LogP contribution in [-0.4, -0.2) is 30.4 Å². The highest BCUT2D eigenvalue weighted by atomic mass is 32.2. The predicted octanol–water partition coefficient (Wildman–Crippen LogP) is 2.74. The molecule has 0 radical (unpaired) electrons. The van der Waals surface area contributed by atoms with Gasteiger partial charge in [-0.2, -0.15) is 0 Å². The second-order valence-electron chi connectivity index (χ2n) is 5.03. The number of hydrogen-bond donors (Lipinski definition) is 2. The highest BCUT2D eigenvalue weighted by Gasteiger charge is 2.21. The zero-order valence-electron chi connectivity index (χ0n) is 11.5. The summed E-state index contributed by atoms with van der Waals surface area (Å²) in [4.78, 5) is 3.40. The Morgan fingerprint density at radius 1 is 1.53 bits per heavy atom. The van der Waals surface area contributed by atoms with Crippen LogP contribution >= 0.6 is 11.8 Å². The highest BCUT2D eigenvalue weighted by molar-refractivity contribution is 7.98. The number of nitrogens with two attached hydrogens (primary N) is 1. The van der Waals surface area contributed by atoms with Gasteiger partial charge in [0.15, 0.2) is 5.84 Å². The van der Waals surface area contributed by atoms with E-state index in [0.717, 1.165) is 29.2 Å². The van der Waals surface area contributed by atoms with Gasteiger partial charge in [-0.15, -0.1) is 11.8 Å². The summed E-state index contributed by atoms with van der Waals surface area (Å²) in [5.74, 6) is 0.880. The Hall–Kier alpha value is -1.36. The van der Waals surface area contributed by atoms with Gasteiger partial charge in [-0.05, 0) is 37.1 Å². The van der Waals surface area contributed by atoms with Crippen molar-refractivity contribution in [2.45, 2.75) is 24.7 Å². The van der Waals surface area contributed by atoms with Gasteiger partial charge in [0.05, 0.1) is 5.56 Å². The molecule has 2 rings (SSSR count). The second-order valence-corrected chi connectivity index (χ2v) is 5.88. The van der Waals surface area contributed by atoms with Gasteiger partial charge in [-0.3, -0.25) is 0 Å². The third-order valence-corrected chi connectivity index (χ3v) is 4.37. The zero-order valence-corrected chi connectivity index (χ0v) is 12.3. The number of anilines is 1. The van der Waals surface area contributed by atoms with Crippen LogP contribution in [0.3, 0.4) is 0 Å². The van der Waals surface area contributed by atoms with E-state index in [9.17, 15) is 0 Å². The SMILES string of the molecule is CSc1cccc(N2CCCC(C)C2)c1/C(N)=N/O. The quantitative estimate of drug-likeness (QED) is 0.294. The maximum absolute atomic E-state index is 9.02. The Balaban J connectivity index is 2.44. The number of hydrogen-bond acceptors (Lipinski definition) is 4. The molecule has 4 nitrogen and oxygen atoms in total. The summed E-state index contributed by atoms with van der Waals surface area (Å²) in [5.41, 5.74) is 7.80. The lowest BCUT2D eigenvalue weighted by molar-refractivity contribution is 0.318. The molecule has 1 heterocycles. The van der Waals surface area contributed by atoms with Crippen LogP contribution in [0.4, 0.5) is 5.69 Å². The molecular formula is C14H21N3OS. The first-order valence-electron chi connectivity index (χ1n) is 6.57. The van der Waals surface area contributed by atoms with E-state index in [1.165, 1.54) is 12.8 Å². The van der Waals surface area contributed by atoms with E-state index in [1.807, 2.05) is 18.4 Å². The van der Waals surface area contributed by atoms with Crippen LogP contribution in [0.5, 0.6) is 0 Å². The van der Waals surface area contributed by atoms with E-state index in [2.05, 4.69) is 23.0 Å². The van der Waals surface area contributed by atoms with Crippen LogP contribution < -0.4 is 10.6 Å². The molecule has 1 saturated heterocycles. The summed E-state index contributed by atoms with van der Waals surface area (Å²) < 4.78 is 0. The molecule has 1 aromatic carbocycles. The van der Waals surface area contributed by atoms with Crippen LogP contribution in [0.15, 0.2) is 28.3 Å². The average Bonchev–Trinajstić information content (AvgIpc) is 2.45. The first-order valence-corrected chi connectivity index (χ1v) is 7.79. The van der Waals surface area contributed by atoms with Crippen LogP contribution in [0, 0.1) is 5.92 Å². The molecule has 0 saturated carbocycles. The van der Waals surface area contributed by atoms with E-state index in [1.54, 1.807) is 11.8 Å². The Labute approximate surface area is 118 Å². The number of oxime groups is 1. The average molecular weight is 279 g/mol. The van der Waals surface area contributed by atoms with Gasteiger partial charge in [-0.25, -0.2) is 0 Å². The van der Waals surface area contributed by atoms with Gasteiger partial charge in [0.25, 0.3) is 0 Å².